The van der Waals surface area contributed by atoms with Crippen molar-refractivity contribution in [2.45, 2.75) is 174 Å². The van der Waals surface area contributed by atoms with Gasteiger partial charge in [0.15, 0.2) is 0 Å². The third-order valence-corrected chi connectivity index (χ3v) is 9.96. The normalized spacial score (nSPS) is 15.1. The van der Waals surface area contributed by atoms with E-state index in [-0.39, 0.29) is 19.1 Å². The number of carbonyl (C=O) groups excluding carboxylic acids is 1. The first-order valence-corrected chi connectivity index (χ1v) is 22.7. The van der Waals surface area contributed by atoms with Gasteiger partial charge in [-0.3, -0.25) is 13.8 Å². The summed E-state index contributed by atoms with van der Waals surface area (Å²) in [6.07, 6.45) is 45.7. The van der Waals surface area contributed by atoms with Gasteiger partial charge in [-0.15, -0.1) is 0 Å². The van der Waals surface area contributed by atoms with Gasteiger partial charge in [0, 0.05) is 6.42 Å². The summed E-state index contributed by atoms with van der Waals surface area (Å²) in [5.41, 5.74) is 0. The number of aliphatic hydroxyl groups excluding tert-OH is 1. The highest BCUT2D eigenvalue weighted by atomic mass is 31.2. The molecule has 3 unspecified atom stereocenters. The molecule has 0 saturated heterocycles. The Labute approximate surface area is 326 Å². The number of carbonyl (C=O) groups is 1. The Bertz CT molecular complexity index is 1050. The second-order valence-electron chi connectivity index (χ2n) is 15.3. The first-order valence-electron chi connectivity index (χ1n) is 21.2. The van der Waals surface area contributed by atoms with Gasteiger partial charge in [-0.1, -0.05) is 152 Å². The molecule has 0 rings (SSSR count). The fourth-order valence-corrected chi connectivity index (χ4v) is 6.33. The predicted octanol–water partition coefficient (Wildman–Crippen LogP) is 11.5. The van der Waals surface area contributed by atoms with Crippen LogP contribution in [0.3, 0.4) is 0 Å². The van der Waals surface area contributed by atoms with Crippen molar-refractivity contribution >= 4 is 13.7 Å². The van der Waals surface area contributed by atoms with Crippen LogP contribution in [0.25, 0.3) is 0 Å². The van der Waals surface area contributed by atoms with E-state index >= 15 is 0 Å². The molecule has 0 radical (unpaired) electrons. The minimum Gasteiger partial charge on any atom is -0.387 e. The molecule has 3 atom stereocenters. The highest BCUT2D eigenvalue weighted by Crippen LogP contribution is 2.43. The number of amides is 1. The Morgan fingerprint density at radius 3 is 1.74 bits per heavy atom. The summed E-state index contributed by atoms with van der Waals surface area (Å²) in [6, 6.07) is -0.869. The summed E-state index contributed by atoms with van der Waals surface area (Å²) in [6.45, 7) is 4.64. The fraction of sp³-hybridized carbons (Fsp3) is 0.750. The number of aliphatic hydroxyl groups is 1. The Morgan fingerprint density at radius 1 is 0.660 bits per heavy atom. The molecule has 0 aromatic rings. The number of hydrogen-bond donors (Lipinski definition) is 3. The lowest BCUT2D eigenvalue weighted by molar-refractivity contribution is -0.870. The van der Waals surface area contributed by atoms with E-state index in [0.717, 1.165) is 70.6 Å². The monoisotopic (exact) mass is 766 g/mol. The average molecular weight is 766 g/mol. The topological polar surface area (TPSA) is 105 Å². The summed E-state index contributed by atoms with van der Waals surface area (Å²) in [7, 11) is 1.54. The largest absolute Gasteiger partial charge is 0.472 e. The Kier molecular flexibility index (Phi) is 34.7. The van der Waals surface area contributed by atoms with Gasteiger partial charge in [-0.05, 0) is 64.2 Å². The number of phosphoric acid groups is 1. The fourth-order valence-electron chi connectivity index (χ4n) is 5.60. The van der Waals surface area contributed by atoms with Gasteiger partial charge in [-0.25, -0.2) is 4.57 Å². The van der Waals surface area contributed by atoms with Gasteiger partial charge in [0.2, 0.25) is 5.91 Å². The van der Waals surface area contributed by atoms with Gasteiger partial charge in [0.1, 0.15) is 13.2 Å². The minimum absolute atomic E-state index is 0.0514. The van der Waals surface area contributed by atoms with Crippen LogP contribution in [0.4, 0.5) is 0 Å². The molecule has 53 heavy (non-hydrogen) atoms. The predicted molar refractivity (Wildman–Crippen MR) is 226 cm³/mol. The maximum absolute atomic E-state index is 12.8. The first-order chi connectivity index (χ1) is 25.5. The number of unbranched alkanes of at least 4 members (excludes halogenated alkanes) is 16. The zero-order valence-electron chi connectivity index (χ0n) is 34.7. The number of phosphoric ester groups is 1. The molecule has 0 fully saturated rings. The molecule has 0 saturated carbocycles. The molecule has 9 heteroatoms. The quantitative estimate of drug-likeness (QED) is 0.0252. The van der Waals surface area contributed by atoms with Crippen LogP contribution in [0.1, 0.15) is 162 Å². The van der Waals surface area contributed by atoms with Gasteiger partial charge < -0.3 is 19.8 Å². The number of nitrogens with zero attached hydrogens (tertiary/aromatic N) is 1. The van der Waals surface area contributed by atoms with Crippen molar-refractivity contribution < 1.29 is 32.9 Å². The molecule has 0 bridgehead atoms. The molecule has 1 amide bonds. The van der Waals surface area contributed by atoms with Crippen LogP contribution in [0.15, 0.2) is 60.8 Å². The smallest absolute Gasteiger partial charge is 0.387 e. The number of hydrogen-bond acceptors (Lipinski definition) is 5. The number of nitrogens with one attached hydrogen (secondary N) is 1. The molecule has 8 nitrogen and oxygen atoms in total. The van der Waals surface area contributed by atoms with Gasteiger partial charge in [0.25, 0.3) is 0 Å². The summed E-state index contributed by atoms with van der Waals surface area (Å²) in [4.78, 5) is 23.1. The number of allylic oxidation sites excluding steroid dienone is 9. The van der Waals surface area contributed by atoms with Crippen LogP contribution in [0.2, 0.25) is 0 Å². The molecule has 0 heterocycles. The third kappa shape index (κ3) is 38.3. The highest BCUT2D eigenvalue weighted by Gasteiger charge is 2.27. The molecule has 0 aliphatic heterocycles. The van der Waals surface area contributed by atoms with E-state index < -0.39 is 20.0 Å². The summed E-state index contributed by atoms with van der Waals surface area (Å²) in [5, 5.41) is 13.8. The molecule has 308 valence electrons. The van der Waals surface area contributed by atoms with E-state index in [4.69, 9.17) is 9.05 Å². The zero-order chi connectivity index (χ0) is 39.3. The van der Waals surface area contributed by atoms with Crippen LogP contribution in [-0.4, -0.2) is 73.4 Å². The third-order valence-electron chi connectivity index (χ3n) is 8.97. The standard InChI is InChI=1S/C44H81N2O6P/c1-6-8-10-12-14-16-18-20-22-23-24-26-28-30-32-34-36-38-44(48)45-42(41-52-53(49,50)51-40-39-46(3,4)5)43(47)37-35-33-31-29-27-25-21-19-17-15-13-11-9-7-2/h8,10,14,16,20,22,27,29,35,37,42-43,47H,6-7,9,11-13,15,17-19,21,23-26,28,30-34,36,38-41H2,1-5H3,(H-,45,48,49,50)/p+1/b10-8-,16-14-,22-20-,29-27+,37-35+. The Morgan fingerprint density at radius 2 is 1.15 bits per heavy atom. The molecule has 0 aromatic carbocycles. The maximum atomic E-state index is 12.8. The van der Waals surface area contributed by atoms with Crippen LogP contribution < -0.4 is 5.32 Å². The van der Waals surface area contributed by atoms with E-state index in [1.807, 2.05) is 27.2 Å². The second kappa shape index (κ2) is 35.9. The molecule has 0 aliphatic rings. The van der Waals surface area contributed by atoms with Crippen molar-refractivity contribution in [2.24, 2.45) is 0 Å². The van der Waals surface area contributed by atoms with E-state index in [1.54, 1.807) is 6.08 Å². The van der Waals surface area contributed by atoms with E-state index in [9.17, 15) is 19.4 Å². The summed E-state index contributed by atoms with van der Waals surface area (Å²) < 4.78 is 23.5. The van der Waals surface area contributed by atoms with Crippen molar-refractivity contribution in [3.8, 4) is 0 Å². The summed E-state index contributed by atoms with van der Waals surface area (Å²) in [5.74, 6) is -0.201. The Balaban J connectivity index is 4.53. The van der Waals surface area contributed by atoms with Crippen molar-refractivity contribution in [1.29, 1.82) is 0 Å². The second-order valence-corrected chi connectivity index (χ2v) is 16.8. The molecule has 3 N–H and O–H groups in total. The van der Waals surface area contributed by atoms with Crippen LogP contribution >= 0.6 is 7.82 Å². The average Bonchev–Trinajstić information content (AvgIpc) is 3.10. The van der Waals surface area contributed by atoms with Crippen LogP contribution in [-0.2, 0) is 18.4 Å². The highest BCUT2D eigenvalue weighted by molar-refractivity contribution is 7.47. The van der Waals surface area contributed by atoms with E-state index in [0.29, 0.717) is 17.4 Å². The lowest BCUT2D eigenvalue weighted by Gasteiger charge is -2.25. The van der Waals surface area contributed by atoms with Crippen molar-refractivity contribution in [2.75, 3.05) is 40.9 Å². The molecule has 0 spiro atoms. The molecular weight excluding hydrogens is 683 g/mol. The van der Waals surface area contributed by atoms with Crippen molar-refractivity contribution in [1.82, 2.24) is 5.32 Å². The van der Waals surface area contributed by atoms with E-state index in [1.165, 1.54) is 70.6 Å². The van der Waals surface area contributed by atoms with Gasteiger partial charge in [0.05, 0.1) is 39.9 Å². The minimum atomic E-state index is -4.35. The van der Waals surface area contributed by atoms with Crippen LogP contribution in [0, 0.1) is 0 Å². The number of rotatable bonds is 37. The maximum Gasteiger partial charge on any atom is 0.472 e. The van der Waals surface area contributed by atoms with Crippen LogP contribution in [0.5, 0.6) is 0 Å². The molecule has 0 aliphatic carbocycles. The molecule has 0 aromatic heterocycles. The first kappa shape index (κ1) is 51.2. The zero-order valence-corrected chi connectivity index (χ0v) is 35.6. The van der Waals surface area contributed by atoms with Gasteiger partial charge in [-0.2, -0.15) is 0 Å². The van der Waals surface area contributed by atoms with Gasteiger partial charge >= 0.3 is 7.82 Å². The van der Waals surface area contributed by atoms with Crippen molar-refractivity contribution in [3.63, 3.8) is 0 Å². The van der Waals surface area contributed by atoms with Crippen molar-refractivity contribution in [3.05, 3.63) is 60.8 Å². The SMILES string of the molecule is CC/C=C\C/C=C\C/C=C\CCCCCCCCCC(=O)NC(COP(=O)(O)OCC[N+](C)(C)C)C(O)/C=C/CC/C=C/CCCCCCCCCC. The lowest BCUT2D eigenvalue weighted by atomic mass is 10.1. The Hall–Kier alpha value is -1.80. The van der Waals surface area contributed by atoms with E-state index in [2.05, 4.69) is 67.8 Å². The molecular formula is C44H82N2O6P+. The number of quaternary nitrogens is 1. The summed E-state index contributed by atoms with van der Waals surface area (Å²) >= 11 is 0. The number of likely N-dealkylation sites (N-methyl/N-ethyl adjacent to an activating group) is 1. The lowest BCUT2D eigenvalue weighted by Crippen LogP contribution is -2.45.